The summed E-state index contributed by atoms with van der Waals surface area (Å²) in [5.74, 6) is -0.0929. The normalized spacial score (nSPS) is 12.5. The first-order chi connectivity index (χ1) is 10.2. The molecule has 0 aromatic carbocycles. The van der Waals surface area contributed by atoms with E-state index in [1.807, 2.05) is 0 Å². The monoisotopic (exact) mass is 298 g/mol. The Kier molecular flexibility index (Phi) is 15.7. The number of ketones is 1. The van der Waals surface area contributed by atoms with Gasteiger partial charge >= 0.3 is 0 Å². The molecule has 0 saturated heterocycles. The Labute approximate surface area is 132 Å². The van der Waals surface area contributed by atoms with Gasteiger partial charge in [0.2, 0.25) is 0 Å². The molecule has 21 heavy (non-hydrogen) atoms. The van der Waals surface area contributed by atoms with Crippen LogP contribution in [0.2, 0.25) is 0 Å². The molecule has 0 rings (SSSR count). The fourth-order valence-electron chi connectivity index (χ4n) is 2.74. The minimum absolute atomic E-state index is 0.0929. The fraction of sp³-hybridized carbons (Fsp3) is 0.947. The van der Waals surface area contributed by atoms with E-state index in [1.54, 1.807) is 0 Å². The van der Waals surface area contributed by atoms with Crippen molar-refractivity contribution in [2.45, 2.75) is 116 Å². The molecular weight excluding hydrogens is 260 g/mol. The van der Waals surface area contributed by atoms with Crippen LogP contribution < -0.4 is 0 Å². The Bertz CT molecular complexity index is 226. The molecule has 0 aliphatic carbocycles. The van der Waals surface area contributed by atoms with Crippen molar-refractivity contribution in [1.29, 1.82) is 0 Å². The third-order valence-corrected chi connectivity index (χ3v) is 4.30. The molecule has 1 atom stereocenters. The van der Waals surface area contributed by atoms with Crippen LogP contribution in [0, 0.1) is 0 Å². The zero-order chi connectivity index (χ0) is 15.8. The molecule has 0 bridgehead atoms. The second-order valence-corrected chi connectivity index (χ2v) is 6.51. The second-order valence-electron chi connectivity index (χ2n) is 6.51. The summed E-state index contributed by atoms with van der Waals surface area (Å²) in [7, 11) is 0. The van der Waals surface area contributed by atoms with Gasteiger partial charge in [-0.05, 0) is 13.3 Å². The lowest BCUT2D eigenvalue weighted by Crippen LogP contribution is -2.16. The molecule has 0 aromatic rings. The molecule has 0 aromatic heterocycles. The molecule has 0 saturated carbocycles. The van der Waals surface area contributed by atoms with Crippen LogP contribution >= 0.6 is 0 Å². The summed E-state index contributed by atoms with van der Waals surface area (Å²) in [5, 5.41) is 9.37. The van der Waals surface area contributed by atoms with Crippen LogP contribution in [-0.2, 0) is 4.79 Å². The van der Waals surface area contributed by atoms with E-state index in [0.29, 0.717) is 6.42 Å². The molecule has 0 spiro atoms. The summed E-state index contributed by atoms with van der Waals surface area (Å²) >= 11 is 0. The number of carbonyl (C=O) groups is 1. The molecule has 0 radical (unpaired) electrons. The van der Waals surface area contributed by atoms with Crippen LogP contribution in [0.5, 0.6) is 0 Å². The van der Waals surface area contributed by atoms with Crippen LogP contribution in [0.1, 0.15) is 110 Å². The Morgan fingerprint density at radius 1 is 0.714 bits per heavy atom. The summed E-state index contributed by atoms with van der Waals surface area (Å²) in [4.78, 5) is 10.9. The van der Waals surface area contributed by atoms with Crippen LogP contribution in [-0.4, -0.2) is 17.0 Å². The highest BCUT2D eigenvalue weighted by atomic mass is 16.3. The predicted molar refractivity (Wildman–Crippen MR) is 91.6 cm³/mol. The van der Waals surface area contributed by atoms with E-state index in [4.69, 9.17) is 0 Å². The lowest BCUT2D eigenvalue weighted by molar-refractivity contribution is -0.125. The van der Waals surface area contributed by atoms with E-state index in [2.05, 4.69) is 6.92 Å². The van der Waals surface area contributed by atoms with E-state index in [0.717, 1.165) is 12.8 Å². The first kappa shape index (κ1) is 20.6. The Balaban J connectivity index is 3.04. The summed E-state index contributed by atoms with van der Waals surface area (Å²) in [6, 6.07) is 0. The number of hydrogen-bond donors (Lipinski definition) is 1. The molecule has 2 heteroatoms. The third-order valence-electron chi connectivity index (χ3n) is 4.30. The molecule has 0 fully saturated rings. The topological polar surface area (TPSA) is 37.3 Å². The number of aliphatic hydroxyl groups excluding tert-OH is 1. The highest BCUT2D eigenvalue weighted by Gasteiger charge is 2.07. The van der Waals surface area contributed by atoms with E-state index < -0.39 is 6.10 Å². The first-order valence-electron chi connectivity index (χ1n) is 9.37. The lowest BCUT2D eigenvalue weighted by Gasteiger charge is -2.06. The molecular formula is C19H38O2. The number of Topliss-reactive ketones (excluding diaryl/α,β-unsaturated/α-hetero) is 1. The zero-order valence-electron chi connectivity index (χ0n) is 14.5. The second kappa shape index (κ2) is 16.0. The standard InChI is InChI=1S/C19H38O2/c1-3-4-5-6-7-8-9-10-11-12-13-14-15-16-17-19(21)18(2)20/h19,21H,3-17H2,1-2H3. The maximum absolute atomic E-state index is 10.9. The Hall–Kier alpha value is -0.370. The van der Waals surface area contributed by atoms with Crippen molar-refractivity contribution in [2.75, 3.05) is 0 Å². The van der Waals surface area contributed by atoms with Crippen LogP contribution in [0.15, 0.2) is 0 Å². The van der Waals surface area contributed by atoms with Gasteiger partial charge in [-0.15, -0.1) is 0 Å². The molecule has 0 amide bonds. The number of hydrogen-bond acceptors (Lipinski definition) is 2. The van der Waals surface area contributed by atoms with Gasteiger partial charge in [0.15, 0.2) is 5.78 Å². The van der Waals surface area contributed by atoms with Gasteiger partial charge in [-0.25, -0.2) is 0 Å². The van der Waals surface area contributed by atoms with Gasteiger partial charge in [0.1, 0.15) is 6.10 Å². The molecule has 0 aliphatic rings. The number of rotatable bonds is 16. The maximum Gasteiger partial charge on any atom is 0.158 e. The van der Waals surface area contributed by atoms with Gasteiger partial charge in [0.25, 0.3) is 0 Å². The first-order valence-corrected chi connectivity index (χ1v) is 9.37. The predicted octanol–water partition coefficient (Wildman–Crippen LogP) is 5.81. The van der Waals surface area contributed by atoms with Crippen molar-refractivity contribution in [3.8, 4) is 0 Å². The van der Waals surface area contributed by atoms with Crippen LogP contribution in [0.25, 0.3) is 0 Å². The average molecular weight is 299 g/mol. The molecule has 2 nitrogen and oxygen atoms in total. The number of unbranched alkanes of at least 4 members (excludes halogenated alkanes) is 13. The fourth-order valence-corrected chi connectivity index (χ4v) is 2.74. The van der Waals surface area contributed by atoms with E-state index in [1.165, 1.54) is 84.0 Å². The molecule has 0 aliphatic heterocycles. The largest absolute Gasteiger partial charge is 0.385 e. The number of carbonyl (C=O) groups excluding carboxylic acids is 1. The maximum atomic E-state index is 10.9. The smallest absolute Gasteiger partial charge is 0.158 e. The van der Waals surface area contributed by atoms with E-state index in [9.17, 15) is 9.90 Å². The lowest BCUT2D eigenvalue weighted by atomic mass is 10.0. The van der Waals surface area contributed by atoms with Crippen molar-refractivity contribution >= 4 is 5.78 Å². The Morgan fingerprint density at radius 3 is 1.38 bits per heavy atom. The minimum atomic E-state index is -0.720. The van der Waals surface area contributed by atoms with Gasteiger partial charge < -0.3 is 5.11 Å². The van der Waals surface area contributed by atoms with Crippen molar-refractivity contribution in [3.05, 3.63) is 0 Å². The summed E-state index contributed by atoms with van der Waals surface area (Å²) in [5.41, 5.74) is 0. The zero-order valence-corrected chi connectivity index (χ0v) is 14.5. The average Bonchev–Trinajstić information content (AvgIpc) is 2.47. The summed E-state index contributed by atoms with van der Waals surface area (Å²) in [6.07, 6.45) is 18.6. The van der Waals surface area contributed by atoms with Gasteiger partial charge in [0.05, 0.1) is 0 Å². The molecule has 1 N–H and O–H groups in total. The number of aliphatic hydroxyl groups is 1. The third kappa shape index (κ3) is 15.8. The highest BCUT2D eigenvalue weighted by Crippen LogP contribution is 2.13. The molecule has 126 valence electrons. The minimum Gasteiger partial charge on any atom is -0.385 e. The van der Waals surface area contributed by atoms with E-state index >= 15 is 0 Å². The van der Waals surface area contributed by atoms with Crippen molar-refractivity contribution in [2.24, 2.45) is 0 Å². The Morgan fingerprint density at radius 2 is 1.05 bits per heavy atom. The van der Waals surface area contributed by atoms with Gasteiger partial charge in [0, 0.05) is 0 Å². The van der Waals surface area contributed by atoms with Crippen molar-refractivity contribution in [3.63, 3.8) is 0 Å². The van der Waals surface area contributed by atoms with Gasteiger partial charge in [-0.3, -0.25) is 4.79 Å². The van der Waals surface area contributed by atoms with Crippen molar-refractivity contribution in [1.82, 2.24) is 0 Å². The molecule has 1 unspecified atom stereocenters. The molecule has 0 heterocycles. The summed E-state index contributed by atoms with van der Waals surface area (Å²) < 4.78 is 0. The summed E-state index contributed by atoms with van der Waals surface area (Å²) in [6.45, 7) is 3.74. The highest BCUT2D eigenvalue weighted by molar-refractivity contribution is 5.79. The van der Waals surface area contributed by atoms with Crippen LogP contribution in [0.4, 0.5) is 0 Å². The van der Waals surface area contributed by atoms with Gasteiger partial charge in [-0.2, -0.15) is 0 Å². The van der Waals surface area contributed by atoms with Gasteiger partial charge in [-0.1, -0.05) is 96.8 Å². The SMILES string of the molecule is CCCCCCCCCCCCCCCCC(O)C(C)=O. The quantitative estimate of drug-likeness (QED) is 0.365. The van der Waals surface area contributed by atoms with Crippen molar-refractivity contribution < 1.29 is 9.90 Å². The van der Waals surface area contributed by atoms with E-state index in [-0.39, 0.29) is 5.78 Å². The van der Waals surface area contributed by atoms with Crippen LogP contribution in [0.3, 0.4) is 0 Å².